The van der Waals surface area contributed by atoms with Crippen LogP contribution in [-0.4, -0.2) is 32.2 Å². The van der Waals surface area contributed by atoms with Crippen LogP contribution >= 0.6 is 12.4 Å². The number of nitrogens with one attached hydrogen (secondary N) is 1. The summed E-state index contributed by atoms with van der Waals surface area (Å²) < 4.78 is 5.37. The van der Waals surface area contributed by atoms with Gasteiger partial charge in [0.2, 0.25) is 5.91 Å². The maximum atomic E-state index is 12.6. The Morgan fingerprint density at radius 3 is 2.43 bits per heavy atom. The highest BCUT2D eigenvalue weighted by Crippen LogP contribution is 2.30. The first-order valence-corrected chi connectivity index (χ1v) is 8.08. The number of carbonyl (C=O) groups excluding carboxylic acids is 1. The van der Waals surface area contributed by atoms with Crippen LogP contribution in [0.5, 0.6) is 0 Å². The number of hydrogen-bond donors (Lipinski definition) is 2. The van der Waals surface area contributed by atoms with Gasteiger partial charge in [0.05, 0.1) is 5.41 Å². The minimum absolute atomic E-state index is 0. The third-order valence-electron chi connectivity index (χ3n) is 4.58. The molecule has 0 unspecified atom stereocenters. The highest BCUT2D eigenvalue weighted by molar-refractivity contribution is 5.85. The zero-order chi connectivity index (χ0) is 16.1. The SMILES string of the molecule is CC(C)(CNC(=O)C1(CN)CCOCC1)Cc1ccccc1.Cl. The van der Waals surface area contributed by atoms with Gasteiger partial charge in [-0.1, -0.05) is 44.2 Å². The predicted octanol–water partition coefficient (Wildman–Crippen LogP) is 2.55. The molecule has 1 aliphatic heterocycles. The lowest BCUT2D eigenvalue weighted by Gasteiger charge is -2.36. The fourth-order valence-electron chi connectivity index (χ4n) is 3.00. The van der Waals surface area contributed by atoms with Crippen LogP contribution in [0.2, 0.25) is 0 Å². The van der Waals surface area contributed by atoms with Gasteiger partial charge in [-0.2, -0.15) is 0 Å². The lowest BCUT2D eigenvalue weighted by Crippen LogP contribution is -2.51. The number of halogens is 1. The van der Waals surface area contributed by atoms with Crippen molar-refractivity contribution in [3.8, 4) is 0 Å². The molecule has 23 heavy (non-hydrogen) atoms. The molecule has 0 aromatic heterocycles. The molecule has 1 aliphatic rings. The lowest BCUT2D eigenvalue weighted by molar-refractivity contribution is -0.136. The maximum Gasteiger partial charge on any atom is 0.227 e. The van der Waals surface area contributed by atoms with Crippen LogP contribution in [0, 0.1) is 10.8 Å². The second-order valence-corrected chi connectivity index (χ2v) is 7.11. The van der Waals surface area contributed by atoms with Gasteiger partial charge in [0.15, 0.2) is 0 Å². The van der Waals surface area contributed by atoms with E-state index in [1.807, 2.05) is 6.07 Å². The highest BCUT2D eigenvalue weighted by atomic mass is 35.5. The Labute approximate surface area is 145 Å². The molecule has 4 nitrogen and oxygen atoms in total. The predicted molar refractivity (Wildman–Crippen MR) is 95.7 cm³/mol. The molecule has 1 aromatic carbocycles. The topological polar surface area (TPSA) is 64.4 Å². The van der Waals surface area contributed by atoms with Gasteiger partial charge in [0, 0.05) is 26.3 Å². The molecular weight excluding hydrogens is 312 g/mol. The van der Waals surface area contributed by atoms with Crippen molar-refractivity contribution in [3.05, 3.63) is 35.9 Å². The second kappa shape index (κ2) is 8.67. The maximum absolute atomic E-state index is 12.6. The summed E-state index contributed by atoms with van der Waals surface area (Å²) in [5.74, 6) is 0.0828. The molecule has 5 heteroatoms. The summed E-state index contributed by atoms with van der Waals surface area (Å²) in [4.78, 5) is 12.6. The quantitative estimate of drug-likeness (QED) is 0.836. The molecule has 1 fully saturated rings. The van der Waals surface area contributed by atoms with Crippen molar-refractivity contribution in [1.82, 2.24) is 5.32 Å². The van der Waals surface area contributed by atoms with E-state index in [9.17, 15) is 4.79 Å². The summed E-state index contributed by atoms with van der Waals surface area (Å²) in [7, 11) is 0. The van der Waals surface area contributed by atoms with Gasteiger partial charge in [-0.05, 0) is 30.2 Å². The highest BCUT2D eigenvalue weighted by Gasteiger charge is 2.39. The molecule has 1 heterocycles. The third kappa shape index (κ3) is 5.48. The molecule has 1 amide bonds. The third-order valence-corrected chi connectivity index (χ3v) is 4.58. The minimum atomic E-state index is -0.443. The second-order valence-electron chi connectivity index (χ2n) is 7.11. The summed E-state index contributed by atoms with van der Waals surface area (Å²) in [5.41, 5.74) is 6.75. The largest absolute Gasteiger partial charge is 0.381 e. The van der Waals surface area contributed by atoms with Gasteiger partial charge in [0.1, 0.15) is 0 Å². The Balaban J connectivity index is 0.00000264. The number of nitrogens with two attached hydrogens (primary N) is 1. The first-order chi connectivity index (χ1) is 10.5. The van der Waals surface area contributed by atoms with Gasteiger partial charge in [0.25, 0.3) is 0 Å². The molecule has 0 saturated carbocycles. The number of hydrogen-bond acceptors (Lipinski definition) is 3. The Kier molecular flexibility index (Phi) is 7.52. The first kappa shape index (κ1) is 19.9. The molecule has 1 saturated heterocycles. The number of benzene rings is 1. The summed E-state index contributed by atoms with van der Waals surface area (Å²) >= 11 is 0. The lowest BCUT2D eigenvalue weighted by atomic mass is 9.78. The Morgan fingerprint density at radius 2 is 1.87 bits per heavy atom. The molecular formula is C18H29ClN2O2. The normalized spacial score (nSPS) is 17.2. The van der Waals surface area contributed by atoms with Crippen LogP contribution in [0.4, 0.5) is 0 Å². The standard InChI is InChI=1S/C18H28N2O2.ClH/c1-17(2,12-15-6-4-3-5-7-15)14-20-16(21)18(13-19)8-10-22-11-9-18;/h3-7H,8-14,19H2,1-2H3,(H,20,21);1H. The van der Waals surface area contributed by atoms with Gasteiger partial charge >= 0.3 is 0 Å². The van der Waals surface area contributed by atoms with Crippen molar-refractivity contribution in [2.45, 2.75) is 33.1 Å². The van der Waals surface area contributed by atoms with E-state index in [0.29, 0.717) is 39.1 Å². The van der Waals surface area contributed by atoms with E-state index in [-0.39, 0.29) is 23.7 Å². The number of amides is 1. The van der Waals surface area contributed by atoms with E-state index < -0.39 is 5.41 Å². The van der Waals surface area contributed by atoms with Crippen molar-refractivity contribution < 1.29 is 9.53 Å². The molecule has 0 bridgehead atoms. The van der Waals surface area contributed by atoms with Crippen LogP contribution < -0.4 is 11.1 Å². The average molecular weight is 341 g/mol. The van der Waals surface area contributed by atoms with Crippen molar-refractivity contribution in [1.29, 1.82) is 0 Å². The molecule has 0 radical (unpaired) electrons. The van der Waals surface area contributed by atoms with Crippen LogP contribution in [0.25, 0.3) is 0 Å². The Bertz CT molecular complexity index is 485. The van der Waals surface area contributed by atoms with Gasteiger partial charge in [-0.3, -0.25) is 4.79 Å². The molecule has 0 aliphatic carbocycles. The van der Waals surface area contributed by atoms with Gasteiger partial charge < -0.3 is 15.8 Å². The van der Waals surface area contributed by atoms with Crippen LogP contribution in [0.15, 0.2) is 30.3 Å². The number of ether oxygens (including phenoxy) is 1. The molecule has 2 rings (SSSR count). The fourth-order valence-corrected chi connectivity index (χ4v) is 3.00. The Morgan fingerprint density at radius 1 is 1.26 bits per heavy atom. The molecule has 0 spiro atoms. The molecule has 130 valence electrons. The van der Waals surface area contributed by atoms with E-state index in [4.69, 9.17) is 10.5 Å². The van der Waals surface area contributed by atoms with E-state index in [2.05, 4.69) is 43.4 Å². The molecule has 1 aromatic rings. The monoisotopic (exact) mass is 340 g/mol. The smallest absolute Gasteiger partial charge is 0.227 e. The first-order valence-electron chi connectivity index (χ1n) is 8.08. The van der Waals surface area contributed by atoms with Gasteiger partial charge in [-0.25, -0.2) is 0 Å². The van der Waals surface area contributed by atoms with E-state index >= 15 is 0 Å². The van der Waals surface area contributed by atoms with E-state index in [0.717, 1.165) is 6.42 Å². The van der Waals surface area contributed by atoms with Crippen LogP contribution in [-0.2, 0) is 16.0 Å². The van der Waals surface area contributed by atoms with Crippen molar-refractivity contribution in [2.24, 2.45) is 16.6 Å². The zero-order valence-corrected chi connectivity index (χ0v) is 15.0. The van der Waals surface area contributed by atoms with E-state index in [1.165, 1.54) is 5.56 Å². The van der Waals surface area contributed by atoms with Gasteiger partial charge in [-0.15, -0.1) is 12.4 Å². The fraction of sp³-hybridized carbons (Fsp3) is 0.611. The summed E-state index contributed by atoms with van der Waals surface area (Å²) in [6.07, 6.45) is 2.37. The van der Waals surface area contributed by atoms with Crippen molar-refractivity contribution in [3.63, 3.8) is 0 Å². The van der Waals surface area contributed by atoms with Crippen LogP contribution in [0.1, 0.15) is 32.3 Å². The minimum Gasteiger partial charge on any atom is -0.381 e. The number of rotatable bonds is 6. The summed E-state index contributed by atoms with van der Waals surface area (Å²) in [5, 5.41) is 3.13. The molecule has 0 atom stereocenters. The van der Waals surface area contributed by atoms with Crippen molar-refractivity contribution >= 4 is 18.3 Å². The number of carbonyl (C=O) groups is 1. The summed E-state index contributed by atoms with van der Waals surface area (Å²) in [6, 6.07) is 10.4. The Hall–Kier alpha value is -1.10. The molecule has 3 N–H and O–H groups in total. The van der Waals surface area contributed by atoms with Crippen molar-refractivity contribution in [2.75, 3.05) is 26.3 Å². The summed E-state index contributed by atoms with van der Waals surface area (Å²) in [6.45, 7) is 6.65. The zero-order valence-electron chi connectivity index (χ0n) is 14.1. The van der Waals surface area contributed by atoms with E-state index in [1.54, 1.807) is 0 Å². The average Bonchev–Trinajstić information content (AvgIpc) is 2.54. The van der Waals surface area contributed by atoms with Crippen LogP contribution in [0.3, 0.4) is 0 Å².